The van der Waals surface area contributed by atoms with Gasteiger partial charge < -0.3 is 34.6 Å². The van der Waals surface area contributed by atoms with E-state index >= 15 is 0 Å². The maximum Gasteiger partial charge on any atom is 0.331 e. The third kappa shape index (κ3) is 3.99. The van der Waals surface area contributed by atoms with E-state index in [1.807, 2.05) is 0 Å². The lowest BCUT2D eigenvalue weighted by Crippen LogP contribution is -2.37. The first kappa shape index (κ1) is 17.2. The number of aliphatic hydroxyl groups is 3. The zero-order valence-corrected chi connectivity index (χ0v) is 12.3. The zero-order chi connectivity index (χ0) is 17.0. The Labute approximate surface area is 132 Å². The second-order valence-corrected chi connectivity index (χ2v) is 4.90. The third-order valence-electron chi connectivity index (χ3n) is 3.36. The van der Waals surface area contributed by atoms with Crippen molar-refractivity contribution >= 4 is 12.0 Å². The van der Waals surface area contributed by atoms with Gasteiger partial charge in [-0.1, -0.05) is 6.07 Å². The second-order valence-electron chi connectivity index (χ2n) is 4.90. The van der Waals surface area contributed by atoms with Crippen molar-refractivity contribution in [2.24, 2.45) is 0 Å². The number of rotatable bonds is 5. The zero-order valence-electron chi connectivity index (χ0n) is 12.3. The van der Waals surface area contributed by atoms with Gasteiger partial charge in [-0.2, -0.15) is 0 Å². The van der Waals surface area contributed by atoms with Crippen LogP contribution in [-0.4, -0.2) is 64.7 Å². The van der Waals surface area contributed by atoms with Gasteiger partial charge in [0.05, 0.1) is 13.7 Å². The first-order valence-corrected chi connectivity index (χ1v) is 6.84. The molecule has 23 heavy (non-hydrogen) atoms. The van der Waals surface area contributed by atoms with E-state index in [-0.39, 0.29) is 11.5 Å². The number of aliphatic hydroxyl groups excluding tert-OH is 3. The highest BCUT2D eigenvalue weighted by Crippen LogP contribution is 2.27. The summed E-state index contributed by atoms with van der Waals surface area (Å²) in [7, 11) is 1.40. The number of phenols is 1. The van der Waals surface area contributed by atoms with Crippen LogP contribution in [0.3, 0.4) is 0 Å². The van der Waals surface area contributed by atoms with Gasteiger partial charge in [0.15, 0.2) is 23.9 Å². The topological polar surface area (TPSA) is 126 Å². The predicted molar refractivity (Wildman–Crippen MR) is 77.5 cm³/mol. The summed E-state index contributed by atoms with van der Waals surface area (Å²) >= 11 is 0. The van der Waals surface area contributed by atoms with Crippen molar-refractivity contribution in [1.29, 1.82) is 0 Å². The number of ether oxygens (including phenoxy) is 3. The standard InChI is InChI=1S/C15H18O8/c1-21-10-6-8(2-4-9(10)17)3-5-12(18)23-14-13(19)11(7-16)22-15(14)20/h2-6,11,13-17,19-20H,7H2,1H3/t11-,13-,14+,15+/m0/s1. The monoisotopic (exact) mass is 326 g/mol. The van der Waals surface area contributed by atoms with Gasteiger partial charge in [0, 0.05) is 6.08 Å². The molecule has 4 atom stereocenters. The van der Waals surface area contributed by atoms with Gasteiger partial charge in [-0.05, 0) is 23.8 Å². The Balaban J connectivity index is 1.99. The van der Waals surface area contributed by atoms with Gasteiger partial charge in [0.2, 0.25) is 0 Å². The third-order valence-corrected chi connectivity index (χ3v) is 3.36. The van der Waals surface area contributed by atoms with Crippen LogP contribution in [0.5, 0.6) is 11.5 Å². The van der Waals surface area contributed by atoms with E-state index in [1.165, 1.54) is 25.3 Å². The summed E-state index contributed by atoms with van der Waals surface area (Å²) in [6.45, 7) is -0.505. The Morgan fingerprint density at radius 3 is 2.74 bits per heavy atom. The van der Waals surface area contributed by atoms with Crippen molar-refractivity contribution in [3.63, 3.8) is 0 Å². The number of hydrogen-bond donors (Lipinski definition) is 4. The average molecular weight is 326 g/mol. The molecule has 1 saturated heterocycles. The van der Waals surface area contributed by atoms with Crippen molar-refractivity contribution in [3.05, 3.63) is 29.8 Å². The molecule has 4 N–H and O–H groups in total. The number of methoxy groups -OCH3 is 1. The largest absolute Gasteiger partial charge is 0.504 e. The van der Waals surface area contributed by atoms with E-state index in [4.69, 9.17) is 19.3 Å². The molecule has 1 aromatic carbocycles. The van der Waals surface area contributed by atoms with Gasteiger partial charge in [0.25, 0.3) is 0 Å². The first-order chi connectivity index (χ1) is 11.0. The average Bonchev–Trinajstić information content (AvgIpc) is 2.81. The summed E-state index contributed by atoms with van der Waals surface area (Å²) < 4.78 is 14.7. The Morgan fingerprint density at radius 1 is 1.39 bits per heavy atom. The van der Waals surface area contributed by atoms with E-state index in [9.17, 15) is 20.1 Å². The van der Waals surface area contributed by atoms with Crippen molar-refractivity contribution in [1.82, 2.24) is 0 Å². The molecular weight excluding hydrogens is 308 g/mol. The molecule has 0 amide bonds. The molecular formula is C15H18O8. The maximum absolute atomic E-state index is 11.7. The molecule has 126 valence electrons. The smallest absolute Gasteiger partial charge is 0.331 e. The highest BCUT2D eigenvalue weighted by atomic mass is 16.7. The Morgan fingerprint density at radius 2 is 2.13 bits per heavy atom. The number of hydrogen-bond acceptors (Lipinski definition) is 8. The summed E-state index contributed by atoms with van der Waals surface area (Å²) in [5, 5.41) is 37.7. The summed E-state index contributed by atoms with van der Waals surface area (Å²) in [5.74, 6) is -0.583. The van der Waals surface area contributed by atoms with E-state index in [1.54, 1.807) is 6.07 Å². The van der Waals surface area contributed by atoms with Crippen molar-refractivity contribution < 1.29 is 39.4 Å². The summed E-state index contributed by atoms with van der Waals surface area (Å²) in [5.41, 5.74) is 0.577. The lowest BCUT2D eigenvalue weighted by Gasteiger charge is -2.16. The molecule has 0 radical (unpaired) electrons. The summed E-state index contributed by atoms with van der Waals surface area (Å²) in [6, 6.07) is 4.49. The van der Waals surface area contributed by atoms with Gasteiger partial charge in [-0.25, -0.2) is 4.79 Å². The molecule has 0 unspecified atom stereocenters. The fourth-order valence-corrected chi connectivity index (χ4v) is 2.13. The Hall–Kier alpha value is -2.13. The fraction of sp³-hybridized carbons (Fsp3) is 0.400. The summed E-state index contributed by atoms with van der Waals surface area (Å²) in [6.07, 6.45) is -2.60. The van der Waals surface area contributed by atoms with Crippen LogP contribution in [0.4, 0.5) is 0 Å². The number of benzene rings is 1. The molecule has 2 rings (SSSR count). The van der Waals surface area contributed by atoms with Gasteiger partial charge >= 0.3 is 5.97 Å². The molecule has 0 aliphatic carbocycles. The molecule has 8 nitrogen and oxygen atoms in total. The summed E-state index contributed by atoms with van der Waals surface area (Å²) in [4.78, 5) is 11.7. The number of phenolic OH excluding ortho intramolecular Hbond substituents is 1. The van der Waals surface area contributed by atoms with Crippen LogP contribution in [0.25, 0.3) is 6.08 Å². The predicted octanol–water partition coefficient (Wildman–Crippen LogP) is -0.604. The number of carbonyl (C=O) groups excluding carboxylic acids is 1. The Bertz CT molecular complexity index is 585. The molecule has 1 aliphatic heterocycles. The minimum atomic E-state index is -1.51. The second kappa shape index (κ2) is 7.42. The molecule has 0 saturated carbocycles. The van der Waals surface area contributed by atoms with Crippen LogP contribution in [0, 0.1) is 0 Å². The van der Waals surface area contributed by atoms with Crippen LogP contribution in [0.2, 0.25) is 0 Å². The van der Waals surface area contributed by atoms with Gasteiger partial charge in [-0.3, -0.25) is 0 Å². The molecule has 0 spiro atoms. The maximum atomic E-state index is 11.7. The lowest BCUT2D eigenvalue weighted by atomic mass is 10.1. The fourth-order valence-electron chi connectivity index (χ4n) is 2.13. The molecule has 1 fully saturated rings. The first-order valence-electron chi connectivity index (χ1n) is 6.84. The van der Waals surface area contributed by atoms with Crippen LogP contribution in [0.1, 0.15) is 5.56 Å². The quantitative estimate of drug-likeness (QED) is 0.417. The van der Waals surface area contributed by atoms with Crippen LogP contribution < -0.4 is 4.74 Å². The molecule has 8 heteroatoms. The van der Waals surface area contributed by atoms with Crippen LogP contribution in [-0.2, 0) is 14.3 Å². The minimum absolute atomic E-state index is 0.0309. The molecule has 0 bridgehead atoms. The van der Waals surface area contributed by atoms with E-state index < -0.39 is 37.2 Å². The van der Waals surface area contributed by atoms with Crippen LogP contribution >= 0.6 is 0 Å². The Kier molecular flexibility index (Phi) is 5.56. The van der Waals surface area contributed by atoms with E-state index in [0.29, 0.717) is 5.56 Å². The molecule has 1 aromatic rings. The SMILES string of the molecule is COc1cc(C=CC(=O)O[C@@H]2[C@@H](O)[C@H](CO)O[C@H]2O)ccc1O. The van der Waals surface area contributed by atoms with Crippen LogP contribution in [0.15, 0.2) is 24.3 Å². The number of carbonyl (C=O) groups is 1. The highest BCUT2D eigenvalue weighted by molar-refractivity contribution is 5.87. The molecule has 1 heterocycles. The van der Waals surface area contributed by atoms with Crippen molar-refractivity contribution in [3.8, 4) is 11.5 Å². The van der Waals surface area contributed by atoms with Gasteiger partial charge in [-0.15, -0.1) is 0 Å². The minimum Gasteiger partial charge on any atom is -0.504 e. The lowest BCUT2D eigenvalue weighted by molar-refractivity contribution is -0.168. The number of aromatic hydroxyl groups is 1. The normalized spacial score (nSPS) is 27.3. The number of esters is 1. The van der Waals surface area contributed by atoms with Crippen molar-refractivity contribution in [2.75, 3.05) is 13.7 Å². The van der Waals surface area contributed by atoms with E-state index in [2.05, 4.69) is 0 Å². The van der Waals surface area contributed by atoms with E-state index in [0.717, 1.165) is 6.08 Å². The van der Waals surface area contributed by atoms with Gasteiger partial charge in [0.1, 0.15) is 12.2 Å². The molecule has 0 aromatic heterocycles. The molecule has 1 aliphatic rings. The highest BCUT2D eigenvalue weighted by Gasteiger charge is 2.44. The van der Waals surface area contributed by atoms with Crippen molar-refractivity contribution in [2.45, 2.75) is 24.6 Å².